The van der Waals surface area contributed by atoms with E-state index in [0.717, 1.165) is 40.3 Å². The molecular weight excluding hydrogens is 604 g/mol. The number of hydrogen-bond acceptors (Lipinski definition) is 9. The zero-order valence-corrected chi connectivity index (χ0v) is 27.7. The minimum atomic E-state index is -0.226. The van der Waals surface area contributed by atoms with E-state index >= 15 is 0 Å². The topological polar surface area (TPSA) is 175 Å². The molecule has 0 saturated heterocycles. The van der Waals surface area contributed by atoms with Gasteiger partial charge in [0.05, 0.1) is 36.4 Å². The van der Waals surface area contributed by atoms with Crippen LogP contribution in [0.5, 0.6) is 5.75 Å². The number of allylic oxidation sites excluding steroid dienone is 3. The molecular formula is C33H42N8O4S. The first-order valence-corrected chi connectivity index (χ1v) is 15.8. The van der Waals surface area contributed by atoms with Crippen LogP contribution in [-0.4, -0.2) is 73.2 Å². The molecule has 46 heavy (non-hydrogen) atoms. The van der Waals surface area contributed by atoms with Crippen LogP contribution in [0.25, 0.3) is 5.57 Å². The van der Waals surface area contributed by atoms with E-state index in [1.165, 1.54) is 6.08 Å². The maximum absolute atomic E-state index is 13.1. The number of para-hydroxylation sites is 1. The molecule has 13 heteroatoms. The molecule has 2 aromatic rings. The normalized spacial score (nSPS) is 14.4. The Labute approximate surface area is 274 Å². The summed E-state index contributed by atoms with van der Waals surface area (Å²) in [4.78, 5) is 45.4. The third kappa shape index (κ3) is 10.3. The molecule has 1 aliphatic carbocycles. The Bertz CT molecular complexity index is 1560. The first-order valence-electron chi connectivity index (χ1n) is 14.8. The minimum absolute atomic E-state index is 0.0346. The van der Waals surface area contributed by atoms with Crippen molar-refractivity contribution >= 4 is 52.8 Å². The summed E-state index contributed by atoms with van der Waals surface area (Å²) in [5, 5.41) is 16.9. The first-order chi connectivity index (χ1) is 22.1. The zero-order valence-electron chi connectivity index (χ0n) is 26.8. The molecule has 1 fully saturated rings. The molecule has 2 aliphatic rings. The summed E-state index contributed by atoms with van der Waals surface area (Å²) < 4.78 is 5.78. The van der Waals surface area contributed by atoms with Crippen molar-refractivity contribution in [3.63, 3.8) is 0 Å². The van der Waals surface area contributed by atoms with E-state index in [0.29, 0.717) is 42.3 Å². The van der Waals surface area contributed by atoms with Crippen molar-refractivity contribution in [3.05, 3.63) is 77.4 Å². The van der Waals surface area contributed by atoms with Crippen LogP contribution >= 0.6 is 11.8 Å². The molecule has 0 atom stereocenters. The van der Waals surface area contributed by atoms with E-state index in [9.17, 15) is 9.59 Å². The number of likely N-dealkylation sites (N-methyl/N-ethyl adjacent to an activating group) is 1. The van der Waals surface area contributed by atoms with E-state index in [1.807, 2.05) is 36.4 Å². The van der Waals surface area contributed by atoms with Crippen molar-refractivity contribution in [2.24, 2.45) is 16.6 Å². The van der Waals surface area contributed by atoms with Crippen molar-refractivity contribution in [1.82, 2.24) is 20.5 Å². The number of ether oxygens (including phenoxy) is 1. The highest BCUT2D eigenvalue weighted by atomic mass is 32.2. The summed E-state index contributed by atoms with van der Waals surface area (Å²) in [6.07, 6.45) is 9.25. The number of methoxy groups -OCH3 is 1. The van der Waals surface area contributed by atoms with Crippen molar-refractivity contribution in [1.29, 1.82) is 5.41 Å². The molecule has 1 saturated carbocycles. The molecule has 0 unspecified atom stereocenters. The van der Waals surface area contributed by atoms with E-state index in [4.69, 9.17) is 20.7 Å². The van der Waals surface area contributed by atoms with Gasteiger partial charge >= 0.3 is 0 Å². The Balaban J connectivity index is 0.00000136. The Morgan fingerprint density at radius 3 is 2.61 bits per heavy atom. The largest absolute Gasteiger partial charge is 0.494 e. The van der Waals surface area contributed by atoms with Gasteiger partial charge in [0.25, 0.3) is 11.8 Å². The van der Waals surface area contributed by atoms with Gasteiger partial charge in [-0.2, -0.15) is 4.99 Å². The van der Waals surface area contributed by atoms with E-state index in [-0.39, 0.29) is 29.3 Å². The van der Waals surface area contributed by atoms with Gasteiger partial charge in [-0.15, -0.1) is 11.8 Å². The van der Waals surface area contributed by atoms with Crippen LogP contribution in [0, 0.1) is 11.3 Å². The molecule has 1 aromatic heterocycles. The van der Waals surface area contributed by atoms with Gasteiger partial charge in [-0.25, -0.2) is 0 Å². The molecule has 244 valence electrons. The number of pyridine rings is 1. The standard InChI is InChI=1S/C31H37N7O3S.C2H5NO/c1-5-42-23-13-14-34-22(15-23)18-38(3)31(40)26-12-11-21(17-35-26)24-7-6-8-25(29(24)41-4)36-27(19(2)32)16-28(33)37-30(39)20-9-10-20;1-3-2-4/h6-8,11-16,20,32,35-36H,5,9-10,17-18H2,1-4H3,(H2,33,37,39);2H,1H3,(H,3,4)/b27-16+,32-19?;. The SMILES string of the molecule is CCSc1ccnc(CN(C)C(=O)C2=CC=C(c3cccc(N/C(=C/C(N)=NC(=O)C4CC4)C(C)=N)c3OC)CN2)c1.CNC=O. The van der Waals surface area contributed by atoms with Crippen molar-refractivity contribution in [3.8, 4) is 5.75 Å². The molecule has 1 aromatic carbocycles. The monoisotopic (exact) mass is 646 g/mol. The number of benzene rings is 1. The number of hydrogen-bond donors (Lipinski definition) is 5. The Morgan fingerprint density at radius 1 is 1.28 bits per heavy atom. The fraction of sp³-hybridized carbons (Fsp3) is 0.333. The van der Waals surface area contributed by atoms with Crippen molar-refractivity contribution in [2.45, 2.75) is 38.1 Å². The van der Waals surface area contributed by atoms with E-state index < -0.39 is 0 Å². The lowest BCUT2D eigenvalue weighted by Crippen LogP contribution is -2.35. The number of carbonyl (C=O) groups is 3. The average Bonchev–Trinajstić information content (AvgIpc) is 3.90. The molecule has 4 rings (SSSR count). The van der Waals surface area contributed by atoms with Gasteiger partial charge in [0.1, 0.15) is 17.3 Å². The quantitative estimate of drug-likeness (QED) is 0.0940. The van der Waals surface area contributed by atoms with Crippen LogP contribution in [0.1, 0.15) is 37.9 Å². The number of nitrogens with two attached hydrogens (primary N) is 1. The number of nitrogens with zero attached hydrogens (tertiary/aromatic N) is 3. The smallest absolute Gasteiger partial charge is 0.270 e. The van der Waals surface area contributed by atoms with Crippen LogP contribution in [0.2, 0.25) is 0 Å². The zero-order chi connectivity index (χ0) is 33.6. The number of nitrogens with one attached hydrogen (secondary N) is 4. The number of amidine groups is 1. The molecule has 1 aliphatic heterocycles. The van der Waals surface area contributed by atoms with Crippen molar-refractivity contribution in [2.75, 3.05) is 38.8 Å². The average molecular weight is 647 g/mol. The Kier molecular flexibility index (Phi) is 13.6. The summed E-state index contributed by atoms with van der Waals surface area (Å²) in [6.45, 7) is 4.54. The van der Waals surface area contributed by atoms with E-state index in [1.54, 1.807) is 57.1 Å². The predicted octanol–water partition coefficient (Wildman–Crippen LogP) is 3.72. The van der Waals surface area contributed by atoms with Gasteiger partial charge in [-0.3, -0.25) is 19.4 Å². The molecule has 3 amide bonds. The molecule has 2 heterocycles. The minimum Gasteiger partial charge on any atom is -0.494 e. The Morgan fingerprint density at radius 2 is 2.02 bits per heavy atom. The summed E-state index contributed by atoms with van der Waals surface area (Å²) >= 11 is 1.74. The van der Waals surface area contributed by atoms with Gasteiger partial charge in [0, 0.05) is 49.3 Å². The van der Waals surface area contributed by atoms with Crippen molar-refractivity contribution < 1.29 is 19.1 Å². The molecule has 0 radical (unpaired) electrons. The van der Waals surface area contributed by atoms with Crippen LogP contribution in [0.3, 0.4) is 0 Å². The number of thioether (sulfide) groups is 1. The number of amides is 3. The van der Waals surface area contributed by atoms with Crippen LogP contribution in [-0.2, 0) is 20.9 Å². The maximum atomic E-state index is 13.1. The fourth-order valence-electron chi connectivity index (χ4n) is 4.36. The lowest BCUT2D eigenvalue weighted by atomic mass is 10.0. The second kappa shape index (κ2) is 17.5. The highest BCUT2D eigenvalue weighted by Crippen LogP contribution is 2.35. The Hall–Kier alpha value is -4.91. The predicted molar refractivity (Wildman–Crippen MR) is 184 cm³/mol. The fourth-order valence-corrected chi connectivity index (χ4v) is 5.07. The third-order valence-electron chi connectivity index (χ3n) is 6.81. The highest BCUT2D eigenvalue weighted by molar-refractivity contribution is 7.99. The summed E-state index contributed by atoms with van der Waals surface area (Å²) in [5.74, 6) is 1.20. The van der Waals surface area contributed by atoms with Gasteiger partial charge < -0.3 is 36.7 Å². The molecule has 6 N–H and O–H groups in total. The van der Waals surface area contributed by atoms with Gasteiger partial charge in [-0.05, 0) is 55.4 Å². The second-order valence-corrected chi connectivity index (χ2v) is 11.8. The second-order valence-electron chi connectivity index (χ2n) is 10.5. The number of anilines is 1. The lowest BCUT2D eigenvalue weighted by Gasteiger charge is -2.23. The maximum Gasteiger partial charge on any atom is 0.270 e. The molecule has 0 bridgehead atoms. The van der Waals surface area contributed by atoms with Crippen LogP contribution in [0.15, 0.2) is 76.0 Å². The number of dihydropyridines is 1. The molecule has 0 spiro atoms. The number of aliphatic imine (C=N–C) groups is 1. The van der Waals surface area contributed by atoms with Crippen LogP contribution < -0.4 is 26.4 Å². The lowest BCUT2D eigenvalue weighted by molar-refractivity contribution is -0.126. The summed E-state index contributed by atoms with van der Waals surface area (Å²) in [5.41, 5.74) is 10.3. The van der Waals surface area contributed by atoms with Gasteiger partial charge in [-0.1, -0.05) is 25.1 Å². The number of aromatic nitrogens is 1. The van der Waals surface area contributed by atoms with Gasteiger partial charge in [0.15, 0.2) is 0 Å². The third-order valence-corrected chi connectivity index (χ3v) is 7.69. The molecule has 12 nitrogen and oxygen atoms in total. The van der Waals surface area contributed by atoms with Crippen LogP contribution in [0.4, 0.5) is 5.69 Å². The highest BCUT2D eigenvalue weighted by Gasteiger charge is 2.29. The van der Waals surface area contributed by atoms with Gasteiger partial charge in [0.2, 0.25) is 6.41 Å². The van der Waals surface area contributed by atoms with E-state index in [2.05, 4.69) is 32.9 Å². The number of carbonyl (C=O) groups excluding carboxylic acids is 3. The summed E-state index contributed by atoms with van der Waals surface area (Å²) in [7, 11) is 4.90. The summed E-state index contributed by atoms with van der Waals surface area (Å²) in [6, 6.07) is 9.63. The number of rotatable bonds is 13. The first kappa shape index (κ1) is 35.6.